The molecule has 0 saturated carbocycles. The van der Waals surface area contributed by atoms with E-state index in [-0.39, 0.29) is 16.9 Å². The highest BCUT2D eigenvalue weighted by Crippen LogP contribution is 2.18. The molecule has 10 nitrogen and oxygen atoms in total. The highest BCUT2D eigenvalue weighted by Gasteiger charge is 2.20. The summed E-state index contributed by atoms with van der Waals surface area (Å²) in [6.45, 7) is 3.06. The molecule has 0 spiro atoms. The molecule has 2 aromatic carbocycles. The van der Waals surface area contributed by atoms with Crippen LogP contribution in [0.15, 0.2) is 48.5 Å². The molecule has 0 aliphatic rings. The van der Waals surface area contributed by atoms with Crippen LogP contribution in [0.25, 0.3) is 0 Å². The molecular formula is C20H21N3O7. The van der Waals surface area contributed by atoms with Gasteiger partial charge in [-0.3, -0.25) is 24.5 Å². The molecule has 2 amide bonds. The molecule has 0 aromatic heterocycles. The Balaban J connectivity index is 1.87. The second-order valence-electron chi connectivity index (χ2n) is 6.04. The second kappa shape index (κ2) is 10.6. The van der Waals surface area contributed by atoms with Crippen molar-refractivity contribution in [1.29, 1.82) is 0 Å². The number of amides is 2. The van der Waals surface area contributed by atoms with Gasteiger partial charge in [0.1, 0.15) is 12.3 Å². The van der Waals surface area contributed by atoms with E-state index in [1.165, 1.54) is 31.2 Å². The van der Waals surface area contributed by atoms with Gasteiger partial charge in [0.25, 0.3) is 17.5 Å². The molecule has 0 heterocycles. The molecule has 0 aliphatic carbocycles. The summed E-state index contributed by atoms with van der Waals surface area (Å²) in [5.41, 5.74) is 0.272. The molecule has 1 atom stereocenters. The minimum absolute atomic E-state index is 0.188. The summed E-state index contributed by atoms with van der Waals surface area (Å²) in [4.78, 5) is 46.6. The van der Waals surface area contributed by atoms with Crippen LogP contribution < -0.4 is 15.4 Å². The maximum atomic E-state index is 12.3. The smallest absolute Gasteiger partial charge is 0.326 e. The van der Waals surface area contributed by atoms with Gasteiger partial charge in [0, 0.05) is 17.8 Å². The minimum Gasteiger partial charge on any atom is -0.493 e. The number of rotatable bonds is 9. The van der Waals surface area contributed by atoms with Crippen molar-refractivity contribution in [2.24, 2.45) is 0 Å². The molecule has 2 N–H and O–H groups in total. The molecule has 2 rings (SSSR count). The van der Waals surface area contributed by atoms with E-state index in [0.29, 0.717) is 12.4 Å². The molecule has 158 valence electrons. The zero-order chi connectivity index (χ0) is 22.1. The van der Waals surface area contributed by atoms with E-state index in [1.54, 1.807) is 31.2 Å². The van der Waals surface area contributed by atoms with Gasteiger partial charge in [0.2, 0.25) is 0 Å². The number of nitrogens with zero attached hydrogens (tertiary/aromatic N) is 1. The fourth-order valence-electron chi connectivity index (χ4n) is 2.42. The normalized spacial score (nSPS) is 11.1. The number of nitro groups is 1. The number of hydrogen-bond donors (Lipinski definition) is 2. The quantitative estimate of drug-likeness (QED) is 0.364. The standard InChI is InChI=1S/C20H21N3O7/c1-3-29-17-10-5-4-9-16(17)20(26)21-12-18(24)30-13(2)19(25)22-14-7-6-8-15(11-14)23(27)28/h4-11,13H,3,12H2,1-2H3,(H,21,26)(H,22,25)/t13-/m1/s1. The van der Waals surface area contributed by atoms with Crippen molar-refractivity contribution in [3.8, 4) is 5.75 Å². The third-order valence-electron chi connectivity index (χ3n) is 3.83. The Kier molecular flexibility index (Phi) is 7.86. The number of hydrogen-bond acceptors (Lipinski definition) is 7. The van der Waals surface area contributed by atoms with Crippen molar-refractivity contribution < 1.29 is 28.8 Å². The summed E-state index contributed by atoms with van der Waals surface area (Å²) in [6, 6.07) is 11.9. The van der Waals surface area contributed by atoms with Crippen LogP contribution in [0, 0.1) is 10.1 Å². The van der Waals surface area contributed by atoms with Crippen molar-refractivity contribution >= 4 is 29.2 Å². The van der Waals surface area contributed by atoms with Crippen LogP contribution in [0.4, 0.5) is 11.4 Å². The number of carbonyl (C=O) groups excluding carboxylic acids is 3. The lowest BCUT2D eigenvalue weighted by Crippen LogP contribution is -2.36. The van der Waals surface area contributed by atoms with Gasteiger partial charge in [-0.25, -0.2) is 0 Å². The first kappa shape index (κ1) is 22.3. The fourth-order valence-corrected chi connectivity index (χ4v) is 2.42. The monoisotopic (exact) mass is 415 g/mol. The van der Waals surface area contributed by atoms with Gasteiger partial charge in [-0.05, 0) is 32.0 Å². The van der Waals surface area contributed by atoms with Crippen molar-refractivity contribution in [1.82, 2.24) is 5.32 Å². The van der Waals surface area contributed by atoms with Crippen LogP contribution in [0.5, 0.6) is 5.75 Å². The molecule has 2 aromatic rings. The molecule has 0 unspecified atom stereocenters. The number of esters is 1. The van der Waals surface area contributed by atoms with Crippen LogP contribution in [0.3, 0.4) is 0 Å². The maximum Gasteiger partial charge on any atom is 0.326 e. The van der Waals surface area contributed by atoms with Crippen LogP contribution in [0.1, 0.15) is 24.2 Å². The number of nitro benzene ring substituents is 1. The first-order valence-corrected chi connectivity index (χ1v) is 9.06. The van der Waals surface area contributed by atoms with Crippen molar-refractivity contribution in [3.05, 3.63) is 64.2 Å². The summed E-state index contributed by atoms with van der Waals surface area (Å²) in [7, 11) is 0. The minimum atomic E-state index is -1.18. The fraction of sp³-hybridized carbons (Fsp3) is 0.250. The number of non-ortho nitro benzene ring substituents is 1. The lowest BCUT2D eigenvalue weighted by molar-refractivity contribution is -0.384. The molecule has 0 bridgehead atoms. The molecule has 30 heavy (non-hydrogen) atoms. The van der Waals surface area contributed by atoms with Crippen molar-refractivity contribution in [3.63, 3.8) is 0 Å². The van der Waals surface area contributed by atoms with Crippen LogP contribution in [-0.2, 0) is 14.3 Å². The van der Waals surface area contributed by atoms with Crippen LogP contribution in [0.2, 0.25) is 0 Å². The van der Waals surface area contributed by atoms with E-state index in [4.69, 9.17) is 9.47 Å². The maximum absolute atomic E-state index is 12.3. The lowest BCUT2D eigenvalue weighted by atomic mass is 10.2. The number of benzene rings is 2. The Morgan fingerprint density at radius 1 is 1.13 bits per heavy atom. The zero-order valence-electron chi connectivity index (χ0n) is 16.4. The zero-order valence-corrected chi connectivity index (χ0v) is 16.4. The van der Waals surface area contributed by atoms with Crippen LogP contribution in [-0.4, -0.2) is 42.0 Å². The largest absolute Gasteiger partial charge is 0.493 e. The summed E-state index contributed by atoms with van der Waals surface area (Å²) in [6.07, 6.45) is -1.18. The second-order valence-corrected chi connectivity index (χ2v) is 6.04. The number of para-hydroxylation sites is 1. The van der Waals surface area contributed by atoms with Gasteiger partial charge in [0.05, 0.1) is 17.1 Å². The topological polar surface area (TPSA) is 137 Å². The molecule has 0 saturated heterocycles. The number of nitrogens with one attached hydrogen (secondary N) is 2. The Labute approximate surface area is 172 Å². The van der Waals surface area contributed by atoms with E-state index in [0.717, 1.165) is 0 Å². The SMILES string of the molecule is CCOc1ccccc1C(=O)NCC(=O)O[C@H](C)C(=O)Nc1cccc([N+](=O)[O-])c1. The van der Waals surface area contributed by atoms with Crippen LogP contribution >= 0.6 is 0 Å². The highest BCUT2D eigenvalue weighted by atomic mass is 16.6. The summed E-state index contributed by atoms with van der Waals surface area (Å²) in [5.74, 6) is -1.63. The summed E-state index contributed by atoms with van der Waals surface area (Å²) in [5, 5.41) is 15.6. The van der Waals surface area contributed by atoms with Gasteiger partial charge in [-0.1, -0.05) is 18.2 Å². The van der Waals surface area contributed by atoms with E-state index in [2.05, 4.69) is 10.6 Å². The van der Waals surface area contributed by atoms with E-state index in [1.807, 2.05) is 0 Å². The first-order chi connectivity index (χ1) is 14.3. The molecule has 0 fully saturated rings. The molecule has 10 heteroatoms. The predicted octanol–water partition coefficient (Wildman–Crippen LogP) is 2.29. The van der Waals surface area contributed by atoms with E-state index in [9.17, 15) is 24.5 Å². The Hall–Kier alpha value is -3.95. The Morgan fingerprint density at radius 2 is 1.87 bits per heavy atom. The highest BCUT2D eigenvalue weighted by molar-refractivity contribution is 5.99. The average molecular weight is 415 g/mol. The average Bonchev–Trinajstić information content (AvgIpc) is 2.72. The van der Waals surface area contributed by atoms with Crippen molar-refractivity contribution in [2.75, 3.05) is 18.5 Å². The number of carbonyl (C=O) groups is 3. The summed E-state index contributed by atoms with van der Waals surface area (Å²) >= 11 is 0. The van der Waals surface area contributed by atoms with Gasteiger partial charge in [0.15, 0.2) is 6.10 Å². The van der Waals surface area contributed by atoms with Crippen molar-refractivity contribution in [2.45, 2.75) is 20.0 Å². The lowest BCUT2D eigenvalue weighted by Gasteiger charge is -2.14. The summed E-state index contributed by atoms with van der Waals surface area (Å²) < 4.78 is 10.4. The Bertz CT molecular complexity index is 946. The number of anilines is 1. The molecular weight excluding hydrogens is 394 g/mol. The third kappa shape index (κ3) is 6.30. The third-order valence-corrected chi connectivity index (χ3v) is 3.83. The molecule has 0 radical (unpaired) electrons. The van der Waals surface area contributed by atoms with Gasteiger partial charge in [-0.15, -0.1) is 0 Å². The first-order valence-electron chi connectivity index (χ1n) is 9.06. The van der Waals surface area contributed by atoms with Gasteiger partial charge in [-0.2, -0.15) is 0 Å². The predicted molar refractivity (Wildman–Crippen MR) is 107 cm³/mol. The van der Waals surface area contributed by atoms with Gasteiger partial charge < -0.3 is 20.1 Å². The van der Waals surface area contributed by atoms with Gasteiger partial charge >= 0.3 is 5.97 Å². The van der Waals surface area contributed by atoms with E-state index >= 15 is 0 Å². The Morgan fingerprint density at radius 3 is 2.57 bits per heavy atom. The number of ether oxygens (including phenoxy) is 2. The molecule has 0 aliphatic heterocycles. The van der Waals surface area contributed by atoms with E-state index < -0.39 is 35.4 Å².